The number of H-pyrrole nitrogens is 1. The second-order valence-electron chi connectivity index (χ2n) is 5.02. The van der Waals surface area contributed by atoms with Crippen molar-refractivity contribution < 1.29 is 4.79 Å². The van der Waals surface area contributed by atoms with Crippen molar-refractivity contribution in [2.45, 2.75) is 23.6 Å². The van der Waals surface area contributed by atoms with Gasteiger partial charge >= 0.3 is 0 Å². The van der Waals surface area contributed by atoms with Crippen molar-refractivity contribution in [1.29, 1.82) is 0 Å². The largest absolute Gasteiger partial charge is 0.364 e. The summed E-state index contributed by atoms with van der Waals surface area (Å²) >= 11 is 1.51. The van der Waals surface area contributed by atoms with E-state index < -0.39 is 5.91 Å². The van der Waals surface area contributed by atoms with Gasteiger partial charge in [0.15, 0.2) is 0 Å². The van der Waals surface area contributed by atoms with Crippen molar-refractivity contribution >= 4 is 28.7 Å². The van der Waals surface area contributed by atoms with Crippen LogP contribution in [0.1, 0.15) is 21.6 Å². The third-order valence-corrected chi connectivity index (χ3v) is 4.24. The van der Waals surface area contributed by atoms with Gasteiger partial charge in [0.2, 0.25) is 0 Å². The van der Waals surface area contributed by atoms with Crippen LogP contribution in [0.4, 0.5) is 0 Å². The average molecular weight is 297 g/mol. The van der Waals surface area contributed by atoms with Crippen LogP contribution in [0.3, 0.4) is 0 Å². The lowest BCUT2D eigenvalue weighted by Gasteiger charge is -2.05. The highest BCUT2D eigenvalue weighted by molar-refractivity contribution is 7.99. The number of rotatable bonds is 3. The Balaban J connectivity index is 2.14. The molecule has 3 N–H and O–H groups in total. The van der Waals surface area contributed by atoms with Crippen molar-refractivity contribution in [1.82, 2.24) is 9.97 Å². The number of carbonyl (C=O) groups excluding carboxylic acids is 1. The van der Waals surface area contributed by atoms with Crippen molar-refractivity contribution in [2.75, 3.05) is 0 Å². The highest BCUT2D eigenvalue weighted by Crippen LogP contribution is 2.36. The Morgan fingerprint density at radius 1 is 1.24 bits per heavy atom. The zero-order chi connectivity index (χ0) is 15.0. The molecule has 0 saturated heterocycles. The number of hydrogen-bond donors (Lipinski definition) is 2. The van der Waals surface area contributed by atoms with Crippen molar-refractivity contribution in [3.8, 4) is 0 Å². The molecule has 1 amide bonds. The first-order valence-electron chi connectivity index (χ1n) is 6.57. The third kappa shape index (κ3) is 2.64. The smallest absolute Gasteiger partial charge is 0.266 e. The molecule has 0 atom stereocenters. The number of pyridine rings is 1. The molecule has 3 rings (SSSR count). The molecule has 21 heavy (non-hydrogen) atoms. The lowest BCUT2D eigenvalue weighted by atomic mass is 10.2. The van der Waals surface area contributed by atoms with Crippen molar-refractivity contribution in [3.05, 3.63) is 53.3 Å². The third-order valence-electron chi connectivity index (χ3n) is 3.17. The molecule has 0 aliphatic heterocycles. The molecule has 2 aromatic heterocycles. The van der Waals surface area contributed by atoms with E-state index in [0.717, 1.165) is 20.8 Å². The van der Waals surface area contributed by atoms with Crippen molar-refractivity contribution in [3.63, 3.8) is 0 Å². The van der Waals surface area contributed by atoms with Gasteiger partial charge < -0.3 is 10.7 Å². The van der Waals surface area contributed by atoms with Gasteiger partial charge in [-0.25, -0.2) is 0 Å². The SMILES string of the molecule is Cc1cc(C)cc(Sc2c(C(N)=O)[nH]c3cccnc23)c1. The zero-order valence-corrected chi connectivity index (χ0v) is 12.6. The van der Waals surface area contributed by atoms with Gasteiger partial charge in [-0.2, -0.15) is 0 Å². The van der Waals surface area contributed by atoms with Crippen LogP contribution in [0.5, 0.6) is 0 Å². The molecule has 0 aliphatic carbocycles. The molecule has 0 radical (unpaired) electrons. The van der Waals surface area contributed by atoms with Gasteiger partial charge in [-0.05, 0) is 49.2 Å². The molecule has 5 heteroatoms. The Bertz CT molecular complexity index is 818. The average Bonchev–Trinajstić information content (AvgIpc) is 2.77. The van der Waals surface area contributed by atoms with Crippen LogP contribution in [0.25, 0.3) is 11.0 Å². The Hall–Kier alpha value is -2.27. The minimum Gasteiger partial charge on any atom is -0.364 e. The number of benzene rings is 1. The molecule has 106 valence electrons. The first-order chi connectivity index (χ1) is 10.0. The second-order valence-corrected chi connectivity index (χ2v) is 6.10. The number of aromatic amines is 1. The molecular formula is C16H15N3OS. The summed E-state index contributed by atoms with van der Waals surface area (Å²) in [6.07, 6.45) is 1.71. The first kappa shape index (κ1) is 13.7. The Morgan fingerprint density at radius 2 is 1.95 bits per heavy atom. The number of nitrogens with two attached hydrogens (primary N) is 1. The molecule has 0 spiro atoms. The molecule has 4 nitrogen and oxygen atoms in total. The van der Waals surface area contributed by atoms with E-state index in [-0.39, 0.29) is 0 Å². The van der Waals surface area contributed by atoms with Gasteiger partial charge in [0.1, 0.15) is 11.2 Å². The van der Waals surface area contributed by atoms with Gasteiger partial charge in [0, 0.05) is 11.1 Å². The summed E-state index contributed by atoms with van der Waals surface area (Å²) in [4.78, 5) is 20.9. The first-order valence-corrected chi connectivity index (χ1v) is 7.39. The second kappa shape index (κ2) is 5.26. The number of nitrogens with one attached hydrogen (secondary N) is 1. The fourth-order valence-electron chi connectivity index (χ4n) is 2.38. The summed E-state index contributed by atoms with van der Waals surface area (Å²) in [5, 5.41) is 0. The van der Waals surface area contributed by atoms with Gasteiger partial charge in [0.05, 0.1) is 10.4 Å². The number of carbonyl (C=O) groups is 1. The maximum atomic E-state index is 11.7. The summed E-state index contributed by atoms with van der Waals surface area (Å²) in [6, 6.07) is 10.0. The van der Waals surface area contributed by atoms with Crippen LogP contribution in [0.2, 0.25) is 0 Å². The number of fused-ring (bicyclic) bond motifs is 1. The van der Waals surface area contributed by atoms with Crippen LogP contribution in [-0.4, -0.2) is 15.9 Å². The van der Waals surface area contributed by atoms with E-state index in [9.17, 15) is 4.79 Å². The molecule has 0 saturated carbocycles. The molecular weight excluding hydrogens is 282 g/mol. The lowest BCUT2D eigenvalue weighted by molar-refractivity contribution is 0.0993. The molecule has 0 aliphatic rings. The summed E-state index contributed by atoms with van der Waals surface area (Å²) in [7, 11) is 0. The molecule has 0 unspecified atom stereocenters. The maximum absolute atomic E-state index is 11.7. The fourth-order valence-corrected chi connectivity index (χ4v) is 3.62. The number of aromatic nitrogens is 2. The fraction of sp³-hybridized carbons (Fsp3) is 0.125. The molecule has 0 fully saturated rings. The maximum Gasteiger partial charge on any atom is 0.266 e. The van der Waals surface area contributed by atoms with Crippen LogP contribution in [-0.2, 0) is 0 Å². The predicted molar refractivity (Wildman–Crippen MR) is 84.7 cm³/mol. The minimum absolute atomic E-state index is 0.410. The van der Waals surface area contributed by atoms with Crippen molar-refractivity contribution in [2.24, 2.45) is 5.73 Å². The van der Waals surface area contributed by atoms with Gasteiger partial charge in [-0.1, -0.05) is 17.8 Å². The molecule has 1 aromatic carbocycles. The van der Waals surface area contributed by atoms with E-state index in [4.69, 9.17) is 5.73 Å². The van der Waals surface area contributed by atoms with E-state index in [2.05, 4.69) is 42.0 Å². The van der Waals surface area contributed by atoms with Crippen LogP contribution >= 0.6 is 11.8 Å². The van der Waals surface area contributed by atoms with Gasteiger partial charge in [-0.15, -0.1) is 0 Å². The zero-order valence-electron chi connectivity index (χ0n) is 11.8. The lowest BCUT2D eigenvalue weighted by Crippen LogP contribution is -2.12. The van der Waals surface area contributed by atoms with Gasteiger partial charge in [-0.3, -0.25) is 9.78 Å². The predicted octanol–water partition coefficient (Wildman–Crippen LogP) is 3.43. The topological polar surface area (TPSA) is 71.8 Å². The normalized spacial score (nSPS) is 11.0. The number of hydrogen-bond acceptors (Lipinski definition) is 3. The Kier molecular flexibility index (Phi) is 3.43. The monoisotopic (exact) mass is 297 g/mol. The molecule has 2 heterocycles. The standard InChI is InChI=1S/C16H15N3OS/c1-9-6-10(2)8-11(7-9)21-15-13-12(4-3-5-18-13)19-14(15)16(17)20/h3-8,19H,1-2H3,(H2,17,20). The van der Waals surface area contributed by atoms with E-state index in [1.165, 1.54) is 22.9 Å². The number of aryl methyl sites for hydroxylation is 2. The van der Waals surface area contributed by atoms with Crippen LogP contribution < -0.4 is 5.73 Å². The summed E-state index contributed by atoms with van der Waals surface area (Å²) in [5.74, 6) is -0.472. The summed E-state index contributed by atoms with van der Waals surface area (Å²) in [6.45, 7) is 4.11. The van der Waals surface area contributed by atoms with E-state index >= 15 is 0 Å². The number of primary amides is 1. The molecule has 0 bridgehead atoms. The summed E-state index contributed by atoms with van der Waals surface area (Å²) in [5.41, 5.74) is 9.85. The van der Waals surface area contributed by atoms with Gasteiger partial charge in [0.25, 0.3) is 5.91 Å². The highest BCUT2D eigenvalue weighted by Gasteiger charge is 2.17. The minimum atomic E-state index is -0.472. The molecule has 3 aromatic rings. The van der Waals surface area contributed by atoms with Crippen LogP contribution in [0.15, 0.2) is 46.3 Å². The number of amides is 1. The van der Waals surface area contributed by atoms with E-state index in [1.807, 2.05) is 12.1 Å². The van der Waals surface area contributed by atoms with Crippen LogP contribution in [0, 0.1) is 13.8 Å². The quantitative estimate of drug-likeness (QED) is 0.778. The highest BCUT2D eigenvalue weighted by atomic mass is 32.2. The number of nitrogens with zero attached hydrogens (tertiary/aromatic N) is 1. The van der Waals surface area contributed by atoms with E-state index in [0.29, 0.717) is 5.69 Å². The Morgan fingerprint density at radius 3 is 2.62 bits per heavy atom. The van der Waals surface area contributed by atoms with E-state index in [1.54, 1.807) is 6.20 Å². The summed E-state index contributed by atoms with van der Waals surface area (Å²) < 4.78 is 0. The Labute approximate surface area is 126 Å².